The lowest BCUT2D eigenvalue weighted by Gasteiger charge is -2.26. The highest BCUT2D eigenvalue weighted by atomic mass is 16.5. The molecule has 1 aromatic rings. The average Bonchev–Trinajstić information content (AvgIpc) is 2.51. The van der Waals surface area contributed by atoms with Crippen molar-refractivity contribution in [3.05, 3.63) is 23.5 Å². The molecule has 2 heterocycles. The van der Waals surface area contributed by atoms with Crippen LogP contribution in [-0.4, -0.2) is 41.4 Å². The van der Waals surface area contributed by atoms with Crippen molar-refractivity contribution in [1.29, 1.82) is 0 Å². The predicted molar refractivity (Wildman–Crippen MR) is 73.2 cm³/mol. The van der Waals surface area contributed by atoms with Gasteiger partial charge in [0.1, 0.15) is 5.75 Å². The number of nitrogens with zero attached hydrogens (tertiary/aromatic N) is 2. The van der Waals surface area contributed by atoms with Crippen LogP contribution in [0.4, 0.5) is 0 Å². The summed E-state index contributed by atoms with van der Waals surface area (Å²) in [6.07, 6.45) is 0.314. The third kappa shape index (κ3) is 3.26. The highest BCUT2D eigenvalue weighted by Crippen LogP contribution is 2.17. The summed E-state index contributed by atoms with van der Waals surface area (Å²) in [5.74, 6) is 0.533. The van der Waals surface area contributed by atoms with Crippen LogP contribution >= 0.6 is 0 Å². The smallest absolute Gasteiger partial charge is 0.242 e. The van der Waals surface area contributed by atoms with Crippen LogP contribution < -0.4 is 10.1 Å². The van der Waals surface area contributed by atoms with Crippen molar-refractivity contribution < 1.29 is 14.3 Å². The molecule has 1 fully saturated rings. The summed E-state index contributed by atoms with van der Waals surface area (Å²) in [5.41, 5.74) is 1.60. The molecule has 0 aromatic carbocycles. The molecule has 1 aliphatic heterocycles. The molecule has 1 N–H and O–H groups in total. The Morgan fingerprint density at radius 3 is 2.90 bits per heavy atom. The van der Waals surface area contributed by atoms with Crippen molar-refractivity contribution in [2.75, 3.05) is 13.7 Å². The number of nitrogens with one attached hydrogen (secondary N) is 1. The minimum absolute atomic E-state index is 0.0477. The maximum absolute atomic E-state index is 12.1. The van der Waals surface area contributed by atoms with E-state index in [1.807, 2.05) is 26.0 Å². The normalized spacial score (nSPS) is 19.6. The highest BCUT2D eigenvalue weighted by Gasteiger charge is 2.26. The van der Waals surface area contributed by atoms with Gasteiger partial charge in [0.05, 0.1) is 25.9 Å². The first-order valence-electron chi connectivity index (χ1n) is 6.57. The number of ether oxygens (including phenoxy) is 1. The third-order valence-electron chi connectivity index (χ3n) is 3.32. The Morgan fingerprint density at radius 1 is 1.45 bits per heavy atom. The van der Waals surface area contributed by atoms with Gasteiger partial charge in [0.2, 0.25) is 11.8 Å². The van der Waals surface area contributed by atoms with Gasteiger partial charge < -0.3 is 15.0 Å². The fraction of sp³-hybridized carbons (Fsp3) is 0.500. The average molecular weight is 277 g/mol. The topological polar surface area (TPSA) is 71.5 Å². The lowest BCUT2D eigenvalue weighted by Crippen LogP contribution is -2.39. The Bertz CT molecular complexity index is 530. The summed E-state index contributed by atoms with van der Waals surface area (Å²) < 4.78 is 5.21. The number of aryl methyl sites for hydroxylation is 1. The van der Waals surface area contributed by atoms with Gasteiger partial charge in [-0.05, 0) is 13.8 Å². The summed E-state index contributed by atoms with van der Waals surface area (Å²) in [4.78, 5) is 29.6. The minimum Gasteiger partial charge on any atom is -0.497 e. The number of hydrogen-bond acceptors (Lipinski definition) is 4. The maximum atomic E-state index is 12.1. The van der Waals surface area contributed by atoms with Crippen molar-refractivity contribution >= 4 is 11.8 Å². The van der Waals surface area contributed by atoms with Gasteiger partial charge in [-0.15, -0.1) is 0 Å². The third-order valence-corrected chi connectivity index (χ3v) is 3.32. The van der Waals surface area contributed by atoms with Crippen LogP contribution in [0.1, 0.15) is 24.7 Å². The molecule has 1 saturated heterocycles. The fourth-order valence-electron chi connectivity index (χ4n) is 2.29. The Hall–Kier alpha value is -2.11. The molecule has 0 saturated carbocycles. The first kappa shape index (κ1) is 14.3. The van der Waals surface area contributed by atoms with Crippen LogP contribution in [0.15, 0.2) is 12.1 Å². The van der Waals surface area contributed by atoms with Crippen molar-refractivity contribution in [2.45, 2.75) is 32.9 Å². The van der Waals surface area contributed by atoms with Crippen LogP contribution in [0.2, 0.25) is 0 Å². The first-order chi connectivity index (χ1) is 9.49. The minimum atomic E-state index is -0.140. The molecule has 6 heteroatoms. The molecule has 6 nitrogen and oxygen atoms in total. The van der Waals surface area contributed by atoms with E-state index in [2.05, 4.69) is 10.3 Å². The van der Waals surface area contributed by atoms with Crippen LogP contribution in [0.3, 0.4) is 0 Å². The molecule has 1 unspecified atom stereocenters. The highest BCUT2D eigenvalue weighted by molar-refractivity contribution is 5.87. The number of amides is 2. The molecule has 2 amide bonds. The van der Waals surface area contributed by atoms with Crippen molar-refractivity contribution in [3.8, 4) is 5.75 Å². The van der Waals surface area contributed by atoms with E-state index >= 15 is 0 Å². The lowest BCUT2D eigenvalue weighted by molar-refractivity contribution is -0.132. The monoisotopic (exact) mass is 277 g/mol. The van der Waals surface area contributed by atoms with E-state index in [0.29, 0.717) is 13.0 Å². The van der Waals surface area contributed by atoms with Gasteiger partial charge in [0.25, 0.3) is 0 Å². The number of rotatable bonds is 3. The molecular weight excluding hydrogens is 258 g/mol. The second-order valence-corrected chi connectivity index (χ2v) is 4.99. The second kappa shape index (κ2) is 5.90. The number of pyridine rings is 1. The van der Waals surface area contributed by atoms with E-state index < -0.39 is 0 Å². The molecule has 1 aliphatic rings. The van der Waals surface area contributed by atoms with E-state index in [-0.39, 0.29) is 24.4 Å². The molecule has 1 aromatic heterocycles. The number of carbonyl (C=O) groups excluding carboxylic acids is 2. The van der Waals surface area contributed by atoms with Gasteiger partial charge >= 0.3 is 0 Å². The summed E-state index contributed by atoms with van der Waals surface area (Å²) in [5, 5.41) is 2.60. The maximum Gasteiger partial charge on any atom is 0.242 e. The van der Waals surface area contributed by atoms with Crippen LogP contribution in [0.5, 0.6) is 5.75 Å². The molecule has 0 bridgehead atoms. The Balaban J connectivity index is 2.20. The Morgan fingerprint density at radius 2 is 2.20 bits per heavy atom. The zero-order valence-corrected chi connectivity index (χ0v) is 12.0. The fourth-order valence-corrected chi connectivity index (χ4v) is 2.29. The first-order valence-corrected chi connectivity index (χ1v) is 6.57. The number of carbonyl (C=O) groups is 2. The van der Waals surface area contributed by atoms with Crippen molar-refractivity contribution in [2.24, 2.45) is 0 Å². The van der Waals surface area contributed by atoms with Gasteiger partial charge in [-0.25, -0.2) is 0 Å². The zero-order chi connectivity index (χ0) is 14.7. The van der Waals surface area contributed by atoms with Crippen LogP contribution in [-0.2, 0) is 16.1 Å². The van der Waals surface area contributed by atoms with Gasteiger partial charge in [-0.1, -0.05) is 0 Å². The van der Waals surface area contributed by atoms with Gasteiger partial charge in [-0.2, -0.15) is 0 Å². The standard InChI is InChI=1S/C14H19N3O3/c1-9-4-12(20-3)6-11(16-9)8-17-10(2)5-13(18)15-7-14(17)19/h4,6,10H,5,7-8H2,1-3H3,(H,15,18). The molecule has 108 valence electrons. The van der Waals surface area contributed by atoms with E-state index in [1.54, 1.807) is 12.0 Å². The van der Waals surface area contributed by atoms with Crippen molar-refractivity contribution in [1.82, 2.24) is 15.2 Å². The molecule has 1 atom stereocenters. The quantitative estimate of drug-likeness (QED) is 0.880. The van der Waals surface area contributed by atoms with Crippen LogP contribution in [0.25, 0.3) is 0 Å². The Kier molecular flexibility index (Phi) is 4.22. The second-order valence-electron chi connectivity index (χ2n) is 4.99. The van der Waals surface area contributed by atoms with E-state index in [4.69, 9.17) is 4.74 Å². The molecule has 0 spiro atoms. The molecular formula is C14H19N3O3. The van der Waals surface area contributed by atoms with E-state index in [0.717, 1.165) is 17.1 Å². The van der Waals surface area contributed by atoms with Gasteiger partial charge in [-0.3, -0.25) is 14.6 Å². The lowest BCUT2D eigenvalue weighted by atomic mass is 10.2. The van der Waals surface area contributed by atoms with Crippen molar-refractivity contribution in [3.63, 3.8) is 0 Å². The predicted octanol–water partition coefficient (Wildman–Crippen LogP) is 0.636. The largest absolute Gasteiger partial charge is 0.497 e. The number of hydrogen-bond donors (Lipinski definition) is 1. The van der Waals surface area contributed by atoms with Gasteiger partial charge in [0.15, 0.2) is 0 Å². The number of aromatic nitrogens is 1. The molecule has 2 rings (SSSR count). The summed E-state index contributed by atoms with van der Waals surface area (Å²) >= 11 is 0. The van der Waals surface area contributed by atoms with Crippen LogP contribution in [0, 0.1) is 6.92 Å². The molecule has 0 aliphatic carbocycles. The van der Waals surface area contributed by atoms with Gasteiger partial charge in [0, 0.05) is 30.3 Å². The SMILES string of the molecule is COc1cc(C)nc(CN2C(=O)CNC(=O)CC2C)c1. The summed E-state index contributed by atoms with van der Waals surface area (Å²) in [6, 6.07) is 3.51. The summed E-state index contributed by atoms with van der Waals surface area (Å²) in [6.45, 7) is 4.18. The van der Waals surface area contributed by atoms with E-state index in [1.165, 1.54) is 0 Å². The summed E-state index contributed by atoms with van der Waals surface area (Å²) in [7, 11) is 1.60. The zero-order valence-electron chi connectivity index (χ0n) is 12.0. The molecule has 0 radical (unpaired) electrons. The molecule has 20 heavy (non-hydrogen) atoms. The Labute approximate surface area is 118 Å². The number of methoxy groups -OCH3 is 1. The van der Waals surface area contributed by atoms with E-state index in [9.17, 15) is 9.59 Å².